The summed E-state index contributed by atoms with van der Waals surface area (Å²) in [6.07, 6.45) is 6.80. The predicted molar refractivity (Wildman–Crippen MR) is 58.8 cm³/mol. The molecule has 1 fully saturated rings. The summed E-state index contributed by atoms with van der Waals surface area (Å²) in [7, 11) is 0. The number of carbonyl (C=O) groups excluding carboxylic acids is 1. The van der Waals surface area contributed by atoms with Crippen molar-refractivity contribution < 1.29 is 9.21 Å². The SMILES string of the molecule is CCC1CCC(=O)CC1Sc1ncco1. The van der Waals surface area contributed by atoms with Crippen molar-refractivity contribution in [2.24, 2.45) is 5.92 Å². The van der Waals surface area contributed by atoms with Gasteiger partial charge < -0.3 is 4.42 Å². The molecular weight excluding hydrogens is 210 g/mol. The standard InChI is InChI=1S/C11H15NO2S/c1-2-8-3-4-9(13)7-10(8)15-11-12-5-6-14-11/h5-6,8,10H,2-4,7H2,1H3. The van der Waals surface area contributed by atoms with Crippen LogP contribution in [0.5, 0.6) is 0 Å². The minimum Gasteiger partial charge on any atom is -0.440 e. The summed E-state index contributed by atoms with van der Waals surface area (Å²) >= 11 is 1.61. The fraction of sp³-hybridized carbons (Fsp3) is 0.636. The molecule has 0 N–H and O–H groups in total. The molecule has 2 atom stereocenters. The van der Waals surface area contributed by atoms with Crippen LogP contribution in [0, 0.1) is 5.92 Å². The average Bonchev–Trinajstić information content (AvgIpc) is 2.71. The van der Waals surface area contributed by atoms with Crippen molar-refractivity contribution in [3.8, 4) is 0 Å². The van der Waals surface area contributed by atoms with Crippen molar-refractivity contribution in [1.82, 2.24) is 4.98 Å². The summed E-state index contributed by atoms with van der Waals surface area (Å²) in [4.78, 5) is 15.5. The second kappa shape index (κ2) is 4.84. The van der Waals surface area contributed by atoms with E-state index in [4.69, 9.17) is 4.42 Å². The average molecular weight is 225 g/mol. The van der Waals surface area contributed by atoms with Gasteiger partial charge in [-0.1, -0.05) is 25.1 Å². The highest BCUT2D eigenvalue weighted by Crippen LogP contribution is 2.36. The molecule has 0 spiro atoms. The van der Waals surface area contributed by atoms with E-state index in [1.807, 2.05) is 0 Å². The minimum atomic E-state index is 0.356. The zero-order chi connectivity index (χ0) is 10.7. The van der Waals surface area contributed by atoms with E-state index in [1.54, 1.807) is 24.2 Å². The maximum Gasteiger partial charge on any atom is 0.255 e. The second-order valence-electron chi connectivity index (χ2n) is 3.90. The van der Waals surface area contributed by atoms with Gasteiger partial charge in [0.05, 0.1) is 6.20 Å². The van der Waals surface area contributed by atoms with Crippen LogP contribution < -0.4 is 0 Å². The van der Waals surface area contributed by atoms with Crippen LogP contribution in [0.3, 0.4) is 0 Å². The molecule has 82 valence electrons. The van der Waals surface area contributed by atoms with Crippen LogP contribution in [0.4, 0.5) is 0 Å². The molecule has 0 radical (unpaired) electrons. The Balaban J connectivity index is 2.01. The normalized spacial score (nSPS) is 26.9. The molecule has 4 heteroatoms. The van der Waals surface area contributed by atoms with Crippen molar-refractivity contribution in [1.29, 1.82) is 0 Å². The van der Waals surface area contributed by atoms with Crippen molar-refractivity contribution >= 4 is 17.5 Å². The lowest BCUT2D eigenvalue weighted by molar-refractivity contribution is -0.120. The molecule has 0 aliphatic heterocycles. The fourth-order valence-electron chi connectivity index (χ4n) is 2.03. The summed E-state index contributed by atoms with van der Waals surface area (Å²) < 4.78 is 5.20. The number of aromatic nitrogens is 1. The maximum absolute atomic E-state index is 11.4. The van der Waals surface area contributed by atoms with Gasteiger partial charge in [-0.15, -0.1) is 0 Å². The Morgan fingerprint density at radius 3 is 3.20 bits per heavy atom. The third kappa shape index (κ3) is 2.62. The van der Waals surface area contributed by atoms with E-state index in [0.717, 1.165) is 19.3 Å². The van der Waals surface area contributed by atoms with Gasteiger partial charge in [0.1, 0.15) is 12.0 Å². The Bertz CT molecular complexity index is 323. The maximum atomic E-state index is 11.4. The van der Waals surface area contributed by atoms with Crippen LogP contribution in [-0.2, 0) is 4.79 Å². The molecular formula is C11H15NO2S. The Morgan fingerprint density at radius 1 is 1.67 bits per heavy atom. The smallest absolute Gasteiger partial charge is 0.255 e. The van der Waals surface area contributed by atoms with Crippen LogP contribution in [0.15, 0.2) is 22.1 Å². The van der Waals surface area contributed by atoms with E-state index in [1.165, 1.54) is 0 Å². The quantitative estimate of drug-likeness (QED) is 0.793. The van der Waals surface area contributed by atoms with E-state index in [0.29, 0.717) is 28.6 Å². The number of rotatable bonds is 3. The van der Waals surface area contributed by atoms with E-state index in [-0.39, 0.29) is 0 Å². The first kappa shape index (κ1) is 10.7. The fourth-order valence-corrected chi connectivity index (χ4v) is 3.31. The zero-order valence-corrected chi connectivity index (χ0v) is 9.63. The number of hydrogen-bond donors (Lipinski definition) is 0. The number of oxazole rings is 1. The highest BCUT2D eigenvalue weighted by molar-refractivity contribution is 7.99. The van der Waals surface area contributed by atoms with Crippen LogP contribution in [0.1, 0.15) is 32.6 Å². The van der Waals surface area contributed by atoms with Gasteiger partial charge in [-0.3, -0.25) is 4.79 Å². The first-order valence-corrected chi connectivity index (χ1v) is 6.25. The highest BCUT2D eigenvalue weighted by atomic mass is 32.2. The van der Waals surface area contributed by atoms with E-state index < -0.39 is 0 Å². The van der Waals surface area contributed by atoms with Crippen LogP contribution in [0.2, 0.25) is 0 Å². The monoisotopic (exact) mass is 225 g/mol. The summed E-state index contributed by atoms with van der Waals surface area (Å²) in [5.41, 5.74) is 0. The Hall–Kier alpha value is -0.770. The summed E-state index contributed by atoms with van der Waals surface area (Å²) in [5, 5.41) is 1.04. The molecule has 1 aromatic rings. The van der Waals surface area contributed by atoms with Gasteiger partial charge in [0.25, 0.3) is 5.22 Å². The van der Waals surface area contributed by atoms with Crippen LogP contribution in [0.25, 0.3) is 0 Å². The lowest BCUT2D eigenvalue weighted by Gasteiger charge is -2.28. The van der Waals surface area contributed by atoms with Crippen LogP contribution in [-0.4, -0.2) is 16.0 Å². The lowest BCUT2D eigenvalue weighted by Crippen LogP contribution is -2.26. The second-order valence-corrected chi connectivity index (χ2v) is 5.09. The first-order chi connectivity index (χ1) is 7.29. The third-order valence-electron chi connectivity index (χ3n) is 2.93. The predicted octanol–water partition coefficient (Wildman–Crippen LogP) is 2.91. The molecule has 0 amide bonds. The van der Waals surface area contributed by atoms with E-state index in [9.17, 15) is 4.79 Å². The Labute approximate surface area is 93.6 Å². The van der Waals surface area contributed by atoms with Gasteiger partial charge in [-0.25, -0.2) is 4.98 Å². The number of Topliss-reactive ketones (excluding diaryl/α,β-unsaturated/α-hetero) is 1. The van der Waals surface area contributed by atoms with Crippen molar-refractivity contribution in [2.75, 3.05) is 0 Å². The summed E-state index contributed by atoms with van der Waals surface area (Å²) in [6, 6.07) is 0. The van der Waals surface area contributed by atoms with Gasteiger partial charge in [0, 0.05) is 18.1 Å². The molecule has 2 rings (SSSR count). The molecule has 1 heterocycles. The minimum absolute atomic E-state index is 0.356. The molecule has 1 saturated carbocycles. The zero-order valence-electron chi connectivity index (χ0n) is 8.81. The van der Waals surface area contributed by atoms with Gasteiger partial charge in [-0.05, 0) is 12.3 Å². The first-order valence-electron chi connectivity index (χ1n) is 5.37. The summed E-state index contributed by atoms with van der Waals surface area (Å²) in [6.45, 7) is 2.18. The number of ketones is 1. The molecule has 0 saturated heterocycles. The Morgan fingerprint density at radius 2 is 2.53 bits per heavy atom. The largest absolute Gasteiger partial charge is 0.440 e. The topological polar surface area (TPSA) is 43.1 Å². The van der Waals surface area contributed by atoms with Crippen molar-refractivity contribution in [3.05, 3.63) is 12.5 Å². The molecule has 3 nitrogen and oxygen atoms in total. The van der Waals surface area contributed by atoms with Gasteiger partial charge in [0.15, 0.2) is 0 Å². The van der Waals surface area contributed by atoms with Gasteiger partial charge in [-0.2, -0.15) is 0 Å². The van der Waals surface area contributed by atoms with Crippen LogP contribution >= 0.6 is 11.8 Å². The number of thioether (sulfide) groups is 1. The van der Waals surface area contributed by atoms with Gasteiger partial charge in [0.2, 0.25) is 0 Å². The number of nitrogens with zero attached hydrogens (tertiary/aromatic N) is 1. The number of carbonyl (C=O) groups is 1. The molecule has 15 heavy (non-hydrogen) atoms. The van der Waals surface area contributed by atoms with E-state index in [2.05, 4.69) is 11.9 Å². The number of hydrogen-bond acceptors (Lipinski definition) is 4. The van der Waals surface area contributed by atoms with E-state index >= 15 is 0 Å². The Kier molecular flexibility index (Phi) is 3.46. The molecule has 0 bridgehead atoms. The lowest BCUT2D eigenvalue weighted by atomic mass is 9.86. The molecule has 0 aromatic carbocycles. The molecule has 1 aromatic heterocycles. The van der Waals surface area contributed by atoms with Gasteiger partial charge >= 0.3 is 0 Å². The third-order valence-corrected chi connectivity index (χ3v) is 4.19. The van der Waals surface area contributed by atoms with Crippen molar-refractivity contribution in [3.63, 3.8) is 0 Å². The summed E-state index contributed by atoms with van der Waals surface area (Å²) in [5.74, 6) is 1.00. The molecule has 1 aliphatic carbocycles. The van der Waals surface area contributed by atoms with Crippen molar-refractivity contribution in [2.45, 2.75) is 43.1 Å². The highest BCUT2D eigenvalue weighted by Gasteiger charge is 2.29. The molecule has 1 aliphatic rings. The molecule has 2 unspecified atom stereocenters.